The molecule has 0 spiro atoms. The molecule has 2 radical (unpaired) electrons. The van der Waals surface area contributed by atoms with Gasteiger partial charge in [-0.1, -0.05) is 0 Å². The molecule has 0 amide bonds. The predicted molar refractivity (Wildman–Crippen MR) is 39.1 cm³/mol. The fraction of sp³-hybridized carbons (Fsp3) is 0.667. The van der Waals surface area contributed by atoms with E-state index < -0.39 is 24.1 Å². The maximum absolute atomic E-state index is 10.8. The number of hydrogen-bond donors (Lipinski definition) is 1. The summed E-state index contributed by atoms with van der Waals surface area (Å²) in [6.07, 6.45) is -0.567. The summed E-state index contributed by atoms with van der Waals surface area (Å²) in [5.41, 5.74) is 13.6. The number of rotatable bonds is 5. The van der Waals surface area contributed by atoms with Crippen LogP contribution in [0.1, 0.15) is 6.42 Å². The molecule has 0 aliphatic carbocycles. The molecule has 0 saturated carbocycles. The summed E-state index contributed by atoms with van der Waals surface area (Å²) < 4.78 is 0. The molecular formula is C6H10N2O3Y2-2. The van der Waals surface area contributed by atoms with E-state index in [4.69, 9.17) is 16.6 Å². The average molecular weight is 336 g/mol. The van der Waals surface area contributed by atoms with Crippen LogP contribution in [0.15, 0.2) is 0 Å². The Kier molecular flexibility index (Phi) is 17.3. The molecule has 0 aromatic rings. The predicted octanol–water partition coefficient (Wildman–Crippen LogP) is 0.746. The molecule has 0 aliphatic heterocycles. The van der Waals surface area contributed by atoms with Crippen LogP contribution in [-0.2, 0) is 75.0 Å². The van der Waals surface area contributed by atoms with Crippen molar-refractivity contribution in [1.82, 2.24) is 0 Å². The smallest absolute Gasteiger partial charge is 0.310 e. The van der Waals surface area contributed by atoms with Crippen molar-refractivity contribution in [3.63, 3.8) is 0 Å². The number of carboxylic acids is 1. The minimum absolute atomic E-state index is 0. The molecule has 13 heavy (non-hydrogen) atoms. The Bertz CT molecular complexity index is 162. The van der Waals surface area contributed by atoms with Gasteiger partial charge in [-0.15, -0.1) is 13.1 Å². The Labute approximate surface area is 127 Å². The van der Waals surface area contributed by atoms with Crippen LogP contribution in [0, 0.1) is 5.92 Å². The van der Waals surface area contributed by atoms with Gasteiger partial charge in [-0.2, -0.15) is 0 Å². The van der Waals surface area contributed by atoms with Crippen molar-refractivity contribution in [3.05, 3.63) is 11.5 Å². The van der Waals surface area contributed by atoms with Crippen LogP contribution in [0.4, 0.5) is 0 Å². The quantitative estimate of drug-likeness (QED) is 0.749. The number of carbonyl (C=O) groups is 2. The van der Waals surface area contributed by atoms with E-state index in [1.54, 1.807) is 0 Å². The number of ketones is 1. The summed E-state index contributed by atoms with van der Waals surface area (Å²) in [6.45, 7) is -0.398. The molecule has 7 heteroatoms. The van der Waals surface area contributed by atoms with E-state index >= 15 is 0 Å². The first-order chi connectivity index (χ1) is 5.11. The third-order valence-corrected chi connectivity index (χ3v) is 1.27. The van der Waals surface area contributed by atoms with E-state index in [0.717, 1.165) is 0 Å². The SMILES string of the molecule is [NH-]CC(C[NH-])C(=O)CC(=O)O.[Y].[Y]. The van der Waals surface area contributed by atoms with Gasteiger partial charge < -0.3 is 16.6 Å². The molecule has 0 heterocycles. The second kappa shape index (κ2) is 11.3. The fourth-order valence-electron chi connectivity index (χ4n) is 0.593. The normalized spacial score (nSPS) is 8.54. The second-order valence-corrected chi connectivity index (χ2v) is 2.14. The molecule has 70 valence electrons. The zero-order valence-electron chi connectivity index (χ0n) is 7.12. The van der Waals surface area contributed by atoms with Crippen LogP contribution in [0.5, 0.6) is 0 Å². The van der Waals surface area contributed by atoms with E-state index in [9.17, 15) is 9.59 Å². The van der Waals surface area contributed by atoms with Crippen LogP contribution in [-0.4, -0.2) is 29.9 Å². The van der Waals surface area contributed by atoms with Crippen molar-refractivity contribution in [2.24, 2.45) is 5.92 Å². The van der Waals surface area contributed by atoms with Gasteiger partial charge in [0.15, 0.2) is 0 Å². The van der Waals surface area contributed by atoms with E-state index in [0.29, 0.717) is 0 Å². The van der Waals surface area contributed by atoms with E-state index in [1.807, 2.05) is 0 Å². The largest absolute Gasteiger partial charge is 0.677 e. The average Bonchev–Trinajstić information content (AvgIpc) is 1.88. The van der Waals surface area contributed by atoms with Crippen molar-refractivity contribution in [2.75, 3.05) is 13.1 Å². The van der Waals surface area contributed by atoms with Gasteiger partial charge in [-0.05, 0) is 5.92 Å². The molecule has 0 bridgehead atoms. The molecule has 0 aromatic heterocycles. The molecule has 0 atom stereocenters. The summed E-state index contributed by atoms with van der Waals surface area (Å²) in [5, 5.41) is 8.18. The third-order valence-electron chi connectivity index (χ3n) is 1.27. The Morgan fingerprint density at radius 1 is 1.15 bits per heavy atom. The van der Waals surface area contributed by atoms with E-state index in [1.165, 1.54) is 0 Å². The van der Waals surface area contributed by atoms with Crippen molar-refractivity contribution >= 4 is 11.8 Å². The molecule has 0 saturated heterocycles. The number of nitrogens with one attached hydrogen (secondary N) is 2. The molecule has 0 unspecified atom stereocenters. The fourth-order valence-corrected chi connectivity index (χ4v) is 0.593. The van der Waals surface area contributed by atoms with Gasteiger partial charge in [-0.3, -0.25) is 9.59 Å². The minimum atomic E-state index is -1.19. The van der Waals surface area contributed by atoms with Gasteiger partial charge in [0.05, 0.1) is 0 Å². The number of aliphatic carboxylic acids is 1. The number of Topliss-reactive ketones (excluding diaryl/α,β-unsaturated/α-hetero) is 1. The van der Waals surface area contributed by atoms with Gasteiger partial charge >= 0.3 is 5.97 Å². The Balaban J connectivity index is -0.000000500. The summed E-state index contributed by atoms with van der Waals surface area (Å²) in [7, 11) is 0. The van der Waals surface area contributed by atoms with Crippen LogP contribution >= 0.6 is 0 Å². The first-order valence-corrected chi connectivity index (χ1v) is 3.15. The van der Waals surface area contributed by atoms with Gasteiger partial charge in [0.25, 0.3) is 0 Å². The monoisotopic (exact) mass is 336 g/mol. The minimum Gasteiger partial charge on any atom is -0.677 e. The molecule has 0 fully saturated rings. The molecule has 0 aromatic carbocycles. The first-order valence-electron chi connectivity index (χ1n) is 3.15. The summed E-state index contributed by atoms with van der Waals surface area (Å²) in [5.74, 6) is -2.45. The van der Waals surface area contributed by atoms with Crippen LogP contribution in [0.25, 0.3) is 11.5 Å². The number of hydrogen-bond acceptors (Lipinski definition) is 2. The third kappa shape index (κ3) is 9.57. The topological polar surface area (TPSA) is 102 Å². The maximum atomic E-state index is 10.8. The van der Waals surface area contributed by atoms with Crippen molar-refractivity contribution < 1.29 is 80.1 Å². The van der Waals surface area contributed by atoms with E-state index in [2.05, 4.69) is 0 Å². The number of carbonyl (C=O) groups excluding carboxylic acids is 1. The Morgan fingerprint density at radius 3 is 1.77 bits per heavy atom. The maximum Gasteiger partial charge on any atom is 0.310 e. The van der Waals surface area contributed by atoms with Gasteiger partial charge in [-0.25, -0.2) is 0 Å². The second-order valence-electron chi connectivity index (χ2n) is 2.14. The molecule has 0 aliphatic rings. The first kappa shape index (κ1) is 19.8. The van der Waals surface area contributed by atoms with Gasteiger partial charge in [0, 0.05) is 65.4 Å². The van der Waals surface area contributed by atoms with Crippen LogP contribution in [0.3, 0.4) is 0 Å². The summed E-state index contributed by atoms with van der Waals surface area (Å²) in [6, 6.07) is 0. The zero-order chi connectivity index (χ0) is 8.85. The summed E-state index contributed by atoms with van der Waals surface area (Å²) >= 11 is 0. The van der Waals surface area contributed by atoms with Crippen LogP contribution in [0.2, 0.25) is 0 Å². The Morgan fingerprint density at radius 2 is 1.54 bits per heavy atom. The molecule has 0 rings (SSSR count). The van der Waals surface area contributed by atoms with E-state index in [-0.39, 0.29) is 78.5 Å². The van der Waals surface area contributed by atoms with Crippen molar-refractivity contribution in [1.29, 1.82) is 0 Å². The van der Waals surface area contributed by atoms with Gasteiger partial charge in [0.2, 0.25) is 0 Å². The standard InChI is InChI=1S/C6H10N2O3.2Y/c7-2-4(3-8)5(9)1-6(10)11;;/h4,7-8H,1-3H2,(H,10,11);;/q-2;;. The molecular weight excluding hydrogens is 326 g/mol. The number of carboxylic acid groups (broad SMARTS) is 1. The molecule has 5 nitrogen and oxygen atoms in total. The van der Waals surface area contributed by atoms with Crippen molar-refractivity contribution in [2.45, 2.75) is 6.42 Å². The van der Waals surface area contributed by atoms with Crippen LogP contribution < -0.4 is 0 Å². The zero-order valence-corrected chi connectivity index (χ0v) is 12.8. The Hall–Kier alpha value is 1.27. The van der Waals surface area contributed by atoms with Crippen molar-refractivity contribution in [3.8, 4) is 0 Å². The molecule has 3 N–H and O–H groups in total. The van der Waals surface area contributed by atoms with Gasteiger partial charge in [0.1, 0.15) is 12.2 Å². The summed E-state index contributed by atoms with van der Waals surface area (Å²) in [4.78, 5) is 20.8.